The van der Waals surface area contributed by atoms with Gasteiger partial charge in [0, 0.05) is 44.1 Å². The molecule has 1 aliphatic carbocycles. The van der Waals surface area contributed by atoms with E-state index in [1.54, 1.807) is 10.9 Å². The Bertz CT molecular complexity index is 939. The lowest BCUT2D eigenvalue weighted by atomic mass is 10.1. The van der Waals surface area contributed by atoms with Crippen molar-refractivity contribution in [3.8, 4) is 0 Å². The number of aryl methyl sites for hydroxylation is 2. The van der Waals surface area contributed by atoms with Crippen molar-refractivity contribution in [1.29, 1.82) is 0 Å². The van der Waals surface area contributed by atoms with Gasteiger partial charge in [-0.15, -0.1) is 0 Å². The SMILES string of the molecule is Cc1nn(C)c2nc(C3CC3)cc(C(=O)NC[C@H](C)Cn3cccn3)c12. The minimum atomic E-state index is -0.0530. The highest BCUT2D eigenvalue weighted by atomic mass is 16.1. The highest BCUT2D eigenvalue weighted by molar-refractivity contribution is 6.06. The lowest BCUT2D eigenvalue weighted by molar-refractivity contribution is 0.0948. The molecule has 1 saturated carbocycles. The fourth-order valence-corrected chi connectivity index (χ4v) is 3.39. The van der Waals surface area contributed by atoms with Gasteiger partial charge in [-0.1, -0.05) is 6.92 Å². The third kappa shape index (κ3) is 3.21. The first-order valence-electron chi connectivity index (χ1n) is 9.12. The number of carbonyl (C=O) groups is 1. The maximum absolute atomic E-state index is 12.9. The zero-order valence-corrected chi connectivity index (χ0v) is 15.4. The summed E-state index contributed by atoms with van der Waals surface area (Å²) >= 11 is 0. The Kier molecular flexibility index (Phi) is 4.22. The van der Waals surface area contributed by atoms with Crippen LogP contribution in [0, 0.1) is 12.8 Å². The average molecular weight is 352 g/mol. The molecule has 4 rings (SSSR count). The van der Waals surface area contributed by atoms with Crippen LogP contribution < -0.4 is 5.32 Å². The first kappa shape index (κ1) is 16.8. The number of nitrogens with zero attached hydrogens (tertiary/aromatic N) is 5. The van der Waals surface area contributed by atoms with E-state index in [0.717, 1.165) is 41.8 Å². The van der Waals surface area contributed by atoms with Crippen LogP contribution in [0.25, 0.3) is 11.0 Å². The highest BCUT2D eigenvalue weighted by Gasteiger charge is 2.28. The maximum Gasteiger partial charge on any atom is 0.252 e. The summed E-state index contributed by atoms with van der Waals surface area (Å²) in [5.41, 5.74) is 3.33. The number of fused-ring (bicyclic) bond motifs is 1. The number of carbonyl (C=O) groups excluding carboxylic acids is 1. The molecular formula is C19H24N6O. The van der Waals surface area contributed by atoms with Crippen LogP contribution in [0.2, 0.25) is 0 Å². The van der Waals surface area contributed by atoms with Crippen molar-refractivity contribution >= 4 is 16.9 Å². The lowest BCUT2D eigenvalue weighted by Gasteiger charge is -2.14. The van der Waals surface area contributed by atoms with Crippen molar-refractivity contribution in [2.24, 2.45) is 13.0 Å². The molecule has 0 radical (unpaired) electrons. The minimum absolute atomic E-state index is 0.0530. The predicted molar refractivity (Wildman–Crippen MR) is 98.9 cm³/mol. The zero-order valence-electron chi connectivity index (χ0n) is 15.4. The normalized spacial score (nSPS) is 15.3. The summed E-state index contributed by atoms with van der Waals surface area (Å²) in [6.45, 7) is 5.41. The monoisotopic (exact) mass is 352 g/mol. The highest BCUT2D eigenvalue weighted by Crippen LogP contribution is 2.40. The summed E-state index contributed by atoms with van der Waals surface area (Å²) in [6.07, 6.45) is 6.00. The molecule has 1 aliphatic rings. The molecule has 7 nitrogen and oxygen atoms in total. The molecule has 0 aromatic carbocycles. The van der Waals surface area contributed by atoms with Crippen molar-refractivity contribution in [1.82, 2.24) is 29.9 Å². The van der Waals surface area contributed by atoms with Gasteiger partial charge >= 0.3 is 0 Å². The van der Waals surface area contributed by atoms with E-state index in [0.29, 0.717) is 18.0 Å². The number of amides is 1. The van der Waals surface area contributed by atoms with Gasteiger partial charge in [0.1, 0.15) is 0 Å². The number of rotatable bonds is 6. The predicted octanol–water partition coefficient (Wildman–Crippen LogP) is 2.42. The molecule has 136 valence electrons. The van der Waals surface area contributed by atoms with E-state index >= 15 is 0 Å². The van der Waals surface area contributed by atoms with E-state index in [1.165, 1.54) is 0 Å². The molecule has 1 N–H and O–H groups in total. The van der Waals surface area contributed by atoms with Gasteiger partial charge < -0.3 is 5.32 Å². The van der Waals surface area contributed by atoms with Crippen molar-refractivity contribution in [2.75, 3.05) is 6.54 Å². The molecule has 0 saturated heterocycles. The molecule has 7 heteroatoms. The average Bonchev–Trinajstić information content (AvgIpc) is 3.28. The van der Waals surface area contributed by atoms with Crippen molar-refractivity contribution < 1.29 is 4.79 Å². The molecule has 3 aromatic heterocycles. The number of nitrogens with one attached hydrogen (secondary N) is 1. The number of aromatic nitrogens is 5. The van der Waals surface area contributed by atoms with Crippen molar-refractivity contribution in [3.63, 3.8) is 0 Å². The fraction of sp³-hybridized carbons (Fsp3) is 0.474. The van der Waals surface area contributed by atoms with E-state index < -0.39 is 0 Å². The lowest BCUT2D eigenvalue weighted by Crippen LogP contribution is -2.30. The van der Waals surface area contributed by atoms with Gasteiger partial charge in [-0.25, -0.2) is 4.98 Å². The van der Waals surface area contributed by atoms with Gasteiger partial charge in [-0.2, -0.15) is 10.2 Å². The summed E-state index contributed by atoms with van der Waals surface area (Å²) < 4.78 is 3.66. The first-order valence-corrected chi connectivity index (χ1v) is 9.12. The Morgan fingerprint density at radius 3 is 2.92 bits per heavy atom. The fourth-order valence-electron chi connectivity index (χ4n) is 3.39. The molecule has 0 aliphatic heterocycles. The Hall–Kier alpha value is -2.70. The van der Waals surface area contributed by atoms with Crippen LogP contribution in [0.5, 0.6) is 0 Å². The van der Waals surface area contributed by atoms with E-state index in [2.05, 4.69) is 22.4 Å². The standard InChI is InChI=1S/C19H24N6O/c1-12(11-25-8-4-7-21-25)10-20-19(26)15-9-16(14-5-6-14)22-18-17(15)13(2)23-24(18)3/h4,7-9,12,14H,5-6,10-11H2,1-3H3,(H,20,26)/t12-/m0/s1. The molecule has 1 atom stereocenters. The Balaban J connectivity index is 1.55. The van der Waals surface area contributed by atoms with Crippen LogP contribution in [0.1, 0.15) is 47.4 Å². The third-order valence-electron chi connectivity index (χ3n) is 4.90. The maximum atomic E-state index is 12.9. The molecule has 0 unspecified atom stereocenters. The first-order chi connectivity index (χ1) is 12.5. The molecule has 26 heavy (non-hydrogen) atoms. The molecule has 3 heterocycles. The second kappa shape index (κ2) is 6.55. The summed E-state index contributed by atoms with van der Waals surface area (Å²) in [6, 6.07) is 3.87. The Morgan fingerprint density at radius 2 is 2.23 bits per heavy atom. The number of hydrogen-bond acceptors (Lipinski definition) is 4. The largest absolute Gasteiger partial charge is 0.352 e. The minimum Gasteiger partial charge on any atom is -0.352 e. The summed E-state index contributed by atoms with van der Waals surface area (Å²) in [7, 11) is 1.88. The van der Waals surface area contributed by atoms with Gasteiger partial charge in [0.05, 0.1) is 16.6 Å². The molecule has 1 fully saturated rings. The summed E-state index contributed by atoms with van der Waals surface area (Å²) in [5, 5.41) is 12.6. The van der Waals surface area contributed by atoms with Gasteiger partial charge in [0.25, 0.3) is 5.91 Å². The molecule has 1 amide bonds. The van der Waals surface area contributed by atoms with Gasteiger partial charge in [0.2, 0.25) is 0 Å². The molecule has 0 spiro atoms. The molecule has 0 bridgehead atoms. The van der Waals surface area contributed by atoms with Crippen LogP contribution in [0.3, 0.4) is 0 Å². The Morgan fingerprint density at radius 1 is 1.42 bits per heavy atom. The van der Waals surface area contributed by atoms with Crippen LogP contribution in [0.4, 0.5) is 0 Å². The zero-order chi connectivity index (χ0) is 18.3. The van der Waals surface area contributed by atoms with Crippen LogP contribution in [0.15, 0.2) is 24.5 Å². The number of hydrogen-bond donors (Lipinski definition) is 1. The second-order valence-electron chi connectivity index (χ2n) is 7.32. The van der Waals surface area contributed by atoms with Crippen molar-refractivity contribution in [2.45, 2.75) is 39.2 Å². The number of pyridine rings is 1. The second-order valence-corrected chi connectivity index (χ2v) is 7.32. The van der Waals surface area contributed by atoms with E-state index in [4.69, 9.17) is 4.98 Å². The van der Waals surface area contributed by atoms with E-state index in [1.807, 2.05) is 37.0 Å². The summed E-state index contributed by atoms with van der Waals surface area (Å²) in [4.78, 5) is 17.7. The van der Waals surface area contributed by atoms with E-state index in [-0.39, 0.29) is 11.8 Å². The smallest absolute Gasteiger partial charge is 0.252 e. The van der Waals surface area contributed by atoms with Crippen LogP contribution in [-0.4, -0.2) is 37.0 Å². The van der Waals surface area contributed by atoms with Gasteiger partial charge in [-0.05, 0) is 37.8 Å². The third-order valence-corrected chi connectivity index (χ3v) is 4.90. The topological polar surface area (TPSA) is 77.6 Å². The summed E-state index contributed by atoms with van der Waals surface area (Å²) in [5.74, 6) is 0.719. The molecular weight excluding hydrogens is 328 g/mol. The van der Waals surface area contributed by atoms with Gasteiger partial charge in [-0.3, -0.25) is 14.2 Å². The quantitative estimate of drug-likeness (QED) is 0.739. The Labute approximate surface area is 152 Å². The van der Waals surface area contributed by atoms with E-state index in [9.17, 15) is 4.79 Å². The van der Waals surface area contributed by atoms with Gasteiger partial charge in [0.15, 0.2) is 5.65 Å². The molecule has 3 aromatic rings. The van der Waals surface area contributed by atoms with Crippen molar-refractivity contribution in [3.05, 3.63) is 41.5 Å². The van der Waals surface area contributed by atoms with Crippen LogP contribution >= 0.6 is 0 Å². The van der Waals surface area contributed by atoms with Crippen LogP contribution in [-0.2, 0) is 13.6 Å².